The highest BCUT2D eigenvalue weighted by atomic mass is 16.5. The van der Waals surface area contributed by atoms with Gasteiger partial charge in [0.2, 0.25) is 5.56 Å². The second-order valence-corrected chi connectivity index (χ2v) is 7.11. The minimum absolute atomic E-state index is 0.198. The van der Waals surface area contributed by atoms with E-state index in [1.54, 1.807) is 6.07 Å². The monoisotopic (exact) mass is 366 g/mol. The number of hydrogen-bond acceptors (Lipinski definition) is 4. The zero-order valence-corrected chi connectivity index (χ0v) is 15.7. The van der Waals surface area contributed by atoms with Crippen LogP contribution in [0, 0.1) is 5.92 Å². The summed E-state index contributed by atoms with van der Waals surface area (Å²) in [6.45, 7) is 5.95. The van der Waals surface area contributed by atoms with Gasteiger partial charge in [-0.2, -0.15) is 0 Å². The van der Waals surface area contributed by atoms with Gasteiger partial charge in [0.05, 0.1) is 11.6 Å². The van der Waals surface area contributed by atoms with Crippen LogP contribution in [0.1, 0.15) is 31.1 Å². The van der Waals surface area contributed by atoms with E-state index in [-0.39, 0.29) is 5.56 Å². The standard InChI is InChI=1S/C22H26N2O3/c1-15(2)12-23-13-19(25)17-8-10-20(22-18(17)9-11-21(26)24-22)27-14-16-6-4-3-5-7-16/h3-11,15,19,23,25H,12-14H2,1-2H3,(H,24,26)/t19-/m0/s1. The first-order valence-corrected chi connectivity index (χ1v) is 9.26. The highest BCUT2D eigenvalue weighted by Crippen LogP contribution is 2.30. The lowest BCUT2D eigenvalue weighted by atomic mass is 10.0. The van der Waals surface area contributed by atoms with Crippen molar-refractivity contribution in [3.8, 4) is 5.75 Å². The van der Waals surface area contributed by atoms with Gasteiger partial charge >= 0.3 is 0 Å². The Morgan fingerprint density at radius 2 is 1.81 bits per heavy atom. The van der Waals surface area contributed by atoms with Gasteiger partial charge in [0, 0.05) is 18.0 Å². The first-order chi connectivity index (χ1) is 13.0. The molecule has 0 spiro atoms. The highest BCUT2D eigenvalue weighted by Gasteiger charge is 2.15. The molecule has 1 atom stereocenters. The molecule has 0 amide bonds. The molecule has 0 radical (unpaired) electrons. The lowest BCUT2D eigenvalue weighted by Gasteiger charge is -2.17. The third-order valence-corrected chi connectivity index (χ3v) is 4.38. The van der Waals surface area contributed by atoms with Crippen LogP contribution in [0.4, 0.5) is 0 Å². The molecule has 2 aromatic carbocycles. The Morgan fingerprint density at radius 1 is 1.04 bits per heavy atom. The number of aliphatic hydroxyl groups is 1. The molecular formula is C22H26N2O3. The van der Waals surface area contributed by atoms with Gasteiger partial charge in [0.25, 0.3) is 0 Å². The zero-order valence-electron chi connectivity index (χ0n) is 15.7. The lowest BCUT2D eigenvalue weighted by molar-refractivity contribution is 0.175. The minimum atomic E-state index is -0.666. The minimum Gasteiger partial charge on any atom is -0.487 e. The van der Waals surface area contributed by atoms with Crippen molar-refractivity contribution in [2.75, 3.05) is 13.1 Å². The summed E-state index contributed by atoms with van der Waals surface area (Å²) in [6.07, 6.45) is -0.666. The van der Waals surface area contributed by atoms with Crippen LogP contribution in [0.5, 0.6) is 5.75 Å². The molecule has 1 aromatic heterocycles. The Labute approximate surface area is 159 Å². The van der Waals surface area contributed by atoms with Gasteiger partial charge in [0.15, 0.2) is 0 Å². The van der Waals surface area contributed by atoms with Crippen molar-refractivity contribution in [3.63, 3.8) is 0 Å². The number of pyridine rings is 1. The van der Waals surface area contributed by atoms with Crippen molar-refractivity contribution >= 4 is 10.9 Å². The number of aliphatic hydroxyl groups excluding tert-OH is 1. The van der Waals surface area contributed by atoms with E-state index in [1.165, 1.54) is 6.07 Å². The second-order valence-electron chi connectivity index (χ2n) is 7.11. The zero-order chi connectivity index (χ0) is 19.2. The summed E-state index contributed by atoms with van der Waals surface area (Å²) in [4.78, 5) is 14.7. The van der Waals surface area contributed by atoms with Gasteiger partial charge in [0.1, 0.15) is 12.4 Å². The number of aromatic nitrogens is 1. The third kappa shape index (κ3) is 4.96. The van der Waals surface area contributed by atoms with Crippen LogP contribution in [-0.4, -0.2) is 23.2 Å². The van der Waals surface area contributed by atoms with E-state index in [1.807, 2.05) is 42.5 Å². The molecule has 3 rings (SSSR count). The van der Waals surface area contributed by atoms with Gasteiger partial charge in [-0.05, 0) is 35.7 Å². The fourth-order valence-electron chi connectivity index (χ4n) is 3.01. The van der Waals surface area contributed by atoms with E-state index in [2.05, 4.69) is 24.1 Å². The Morgan fingerprint density at radius 3 is 2.56 bits per heavy atom. The number of rotatable bonds is 8. The van der Waals surface area contributed by atoms with Crippen LogP contribution in [-0.2, 0) is 6.61 Å². The summed E-state index contributed by atoms with van der Waals surface area (Å²) in [5.41, 5.74) is 2.23. The topological polar surface area (TPSA) is 74.3 Å². The van der Waals surface area contributed by atoms with Crippen molar-refractivity contribution < 1.29 is 9.84 Å². The predicted molar refractivity (Wildman–Crippen MR) is 108 cm³/mol. The van der Waals surface area contributed by atoms with E-state index in [0.29, 0.717) is 30.3 Å². The number of ether oxygens (including phenoxy) is 1. The van der Waals surface area contributed by atoms with E-state index in [0.717, 1.165) is 23.1 Å². The number of aromatic amines is 1. The average Bonchev–Trinajstić information content (AvgIpc) is 2.66. The molecule has 0 saturated heterocycles. The maximum absolute atomic E-state index is 11.9. The summed E-state index contributed by atoms with van der Waals surface area (Å²) in [5, 5.41) is 14.7. The summed E-state index contributed by atoms with van der Waals surface area (Å²) >= 11 is 0. The molecule has 0 aliphatic rings. The van der Waals surface area contributed by atoms with Gasteiger partial charge in [-0.25, -0.2) is 0 Å². The van der Waals surface area contributed by atoms with Crippen LogP contribution in [0.25, 0.3) is 10.9 Å². The molecule has 27 heavy (non-hydrogen) atoms. The highest BCUT2D eigenvalue weighted by molar-refractivity contribution is 5.87. The quantitative estimate of drug-likeness (QED) is 0.571. The molecule has 5 heteroatoms. The number of benzene rings is 2. The van der Waals surface area contributed by atoms with Crippen molar-refractivity contribution in [1.29, 1.82) is 0 Å². The van der Waals surface area contributed by atoms with E-state index in [9.17, 15) is 9.90 Å². The first kappa shape index (κ1) is 19.1. The molecule has 0 unspecified atom stereocenters. The largest absolute Gasteiger partial charge is 0.487 e. The fourth-order valence-corrected chi connectivity index (χ4v) is 3.01. The number of fused-ring (bicyclic) bond motifs is 1. The summed E-state index contributed by atoms with van der Waals surface area (Å²) in [7, 11) is 0. The SMILES string of the molecule is CC(C)CNC[C@H](O)c1ccc(OCc2ccccc2)c2[nH]c(=O)ccc12. The Kier molecular flexibility index (Phi) is 6.27. The number of hydrogen-bond donors (Lipinski definition) is 3. The number of nitrogens with one attached hydrogen (secondary N) is 2. The molecule has 3 N–H and O–H groups in total. The average molecular weight is 366 g/mol. The lowest BCUT2D eigenvalue weighted by Crippen LogP contribution is -2.25. The molecule has 5 nitrogen and oxygen atoms in total. The van der Waals surface area contributed by atoms with Crippen molar-refractivity contribution in [3.05, 3.63) is 76.1 Å². The van der Waals surface area contributed by atoms with Crippen LogP contribution in [0.15, 0.2) is 59.4 Å². The maximum atomic E-state index is 11.9. The van der Waals surface area contributed by atoms with Crippen molar-refractivity contribution in [2.24, 2.45) is 5.92 Å². The van der Waals surface area contributed by atoms with Crippen LogP contribution >= 0.6 is 0 Å². The fraction of sp³-hybridized carbons (Fsp3) is 0.318. The third-order valence-electron chi connectivity index (χ3n) is 4.38. The Balaban J connectivity index is 1.86. The first-order valence-electron chi connectivity index (χ1n) is 9.26. The molecule has 1 heterocycles. The van der Waals surface area contributed by atoms with E-state index < -0.39 is 6.10 Å². The van der Waals surface area contributed by atoms with Gasteiger partial charge in [-0.15, -0.1) is 0 Å². The van der Waals surface area contributed by atoms with E-state index in [4.69, 9.17) is 4.74 Å². The van der Waals surface area contributed by atoms with Crippen molar-refractivity contribution in [2.45, 2.75) is 26.6 Å². The Bertz CT molecular complexity index is 935. The van der Waals surface area contributed by atoms with Crippen LogP contribution in [0.3, 0.4) is 0 Å². The van der Waals surface area contributed by atoms with Gasteiger partial charge in [-0.1, -0.05) is 50.2 Å². The summed E-state index contributed by atoms with van der Waals surface area (Å²) in [5.74, 6) is 1.11. The molecule has 0 bridgehead atoms. The molecule has 142 valence electrons. The molecule has 0 aliphatic carbocycles. The molecule has 3 aromatic rings. The van der Waals surface area contributed by atoms with Gasteiger partial charge in [-0.3, -0.25) is 4.79 Å². The Hall–Kier alpha value is -2.63. The van der Waals surface area contributed by atoms with Crippen LogP contribution in [0.2, 0.25) is 0 Å². The van der Waals surface area contributed by atoms with Gasteiger partial charge < -0.3 is 20.1 Å². The number of H-pyrrole nitrogens is 1. The van der Waals surface area contributed by atoms with Crippen LogP contribution < -0.4 is 15.6 Å². The van der Waals surface area contributed by atoms with E-state index >= 15 is 0 Å². The molecule has 0 aliphatic heterocycles. The summed E-state index contributed by atoms with van der Waals surface area (Å²) in [6, 6.07) is 16.7. The summed E-state index contributed by atoms with van der Waals surface area (Å²) < 4.78 is 5.94. The molecule has 0 fully saturated rings. The molecule has 0 saturated carbocycles. The molecular weight excluding hydrogens is 340 g/mol. The second kappa shape index (κ2) is 8.84. The maximum Gasteiger partial charge on any atom is 0.248 e. The van der Waals surface area contributed by atoms with Crippen molar-refractivity contribution in [1.82, 2.24) is 10.3 Å². The predicted octanol–water partition coefficient (Wildman–Crippen LogP) is 3.39. The smallest absolute Gasteiger partial charge is 0.248 e. The normalized spacial score (nSPS) is 12.4.